The van der Waals surface area contributed by atoms with Crippen molar-refractivity contribution in [2.45, 2.75) is 20.3 Å². The molecule has 0 spiro atoms. The maximum absolute atomic E-state index is 13.1. The summed E-state index contributed by atoms with van der Waals surface area (Å²) in [6.45, 7) is 4.16. The van der Waals surface area contributed by atoms with Crippen LogP contribution < -0.4 is 10.3 Å². The first-order chi connectivity index (χ1) is 12.4. The number of fused-ring (bicyclic) bond motifs is 1. The first kappa shape index (κ1) is 17.4. The highest BCUT2D eigenvalue weighted by Gasteiger charge is 2.22. The van der Waals surface area contributed by atoms with Gasteiger partial charge >= 0.3 is 0 Å². The van der Waals surface area contributed by atoms with Crippen LogP contribution in [0, 0.1) is 25.2 Å². The van der Waals surface area contributed by atoms with Gasteiger partial charge in [0.15, 0.2) is 0 Å². The second-order valence-corrected chi connectivity index (χ2v) is 6.20. The lowest BCUT2D eigenvalue weighted by atomic mass is 10.1. The van der Waals surface area contributed by atoms with Gasteiger partial charge in [-0.15, -0.1) is 0 Å². The molecule has 0 fully saturated rings. The number of nitrogens with one attached hydrogen (secondary N) is 1. The van der Waals surface area contributed by atoms with Crippen LogP contribution in [-0.4, -0.2) is 27.2 Å². The standard InChI is InChI=1S/C19H19N5O2/c1-12-5-6-14(9-13(12)2)24(8-4-7-20)19(26)16-10-21-18-15(17(16)25)11-22-23(18)3/h5-6,9-11H,4,8H2,1-3H3,(H,21,25). The molecule has 1 amide bonds. The molecule has 0 aliphatic heterocycles. The smallest absolute Gasteiger partial charge is 0.263 e. The van der Waals surface area contributed by atoms with Crippen LogP contribution in [0.3, 0.4) is 0 Å². The molecule has 0 unspecified atom stereocenters. The van der Waals surface area contributed by atoms with Gasteiger partial charge in [-0.2, -0.15) is 10.4 Å². The van der Waals surface area contributed by atoms with Crippen LogP contribution in [-0.2, 0) is 7.05 Å². The number of hydrogen-bond donors (Lipinski definition) is 1. The molecule has 2 aromatic heterocycles. The number of nitrogens with zero attached hydrogens (tertiary/aromatic N) is 4. The topological polar surface area (TPSA) is 94.8 Å². The van der Waals surface area contributed by atoms with Crippen molar-refractivity contribution in [1.29, 1.82) is 5.26 Å². The van der Waals surface area contributed by atoms with Crippen LogP contribution >= 0.6 is 0 Å². The molecule has 2 heterocycles. The fourth-order valence-corrected chi connectivity index (χ4v) is 2.83. The molecule has 132 valence electrons. The molecule has 1 N–H and O–H groups in total. The Labute approximate surface area is 150 Å². The Kier molecular flexibility index (Phi) is 4.59. The van der Waals surface area contributed by atoms with Crippen LogP contribution in [0.5, 0.6) is 0 Å². The van der Waals surface area contributed by atoms with E-state index in [-0.39, 0.29) is 24.0 Å². The Bertz CT molecular complexity index is 1090. The second kappa shape index (κ2) is 6.84. The summed E-state index contributed by atoms with van der Waals surface area (Å²) in [7, 11) is 1.72. The maximum atomic E-state index is 13.1. The molecule has 3 rings (SSSR count). The number of hydrogen-bond acceptors (Lipinski definition) is 4. The van der Waals surface area contributed by atoms with Crippen molar-refractivity contribution >= 4 is 22.6 Å². The highest BCUT2D eigenvalue weighted by atomic mass is 16.2. The first-order valence-corrected chi connectivity index (χ1v) is 8.23. The lowest BCUT2D eigenvalue weighted by molar-refractivity contribution is 0.0986. The fraction of sp³-hybridized carbons (Fsp3) is 0.263. The summed E-state index contributed by atoms with van der Waals surface area (Å²) in [5.74, 6) is -0.435. The molecule has 0 aliphatic rings. The summed E-state index contributed by atoms with van der Waals surface area (Å²) in [6, 6.07) is 7.70. The van der Waals surface area contributed by atoms with Crippen molar-refractivity contribution < 1.29 is 4.79 Å². The number of carbonyl (C=O) groups is 1. The minimum Gasteiger partial charge on any atom is -0.345 e. The van der Waals surface area contributed by atoms with Gasteiger partial charge in [-0.1, -0.05) is 6.07 Å². The third-order valence-corrected chi connectivity index (χ3v) is 4.51. The van der Waals surface area contributed by atoms with Gasteiger partial charge in [0, 0.05) is 25.5 Å². The summed E-state index contributed by atoms with van der Waals surface area (Å²) >= 11 is 0. The summed E-state index contributed by atoms with van der Waals surface area (Å²) in [5.41, 5.74) is 3.02. The van der Waals surface area contributed by atoms with Crippen molar-refractivity contribution in [1.82, 2.24) is 14.8 Å². The molecule has 0 saturated heterocycles. The number of carbonyl (C=O) groups excluding carboxylic acids is 1. The second-order valence-electron chi connectivity index (χ2n) is 6.20. The predicted octanol–water partition coefficient (Wildman–Crippen LogP) is 2.44. The van der Waals surface area contributed by atoms with Gasteiger partial charge in [0.25, 0.3) is 5.91 Å². The molecule has 0 saturated carbocycles. The van der Waals surface area contributed by atoms with Gasteiger partial charge in [-0.3, -0.25) is 14.3 Å². The van der Waals surface area contributed by atoms with Crippen LogP contribution in [0.1, 0.15) is 27.9 Å². The number of benzene rings is 1. The number of H-pyrrole nitrogens is 1. The van der Waals surface area contributed by atoms with Gasteiger partial charge < -0.3 is 9.88 Å². The fourth-order valence-electron chi connectivity index (χ4n) is 2.83. The summed E-state index contributed by atoms with van der Waals surface area (Å²) in [6.07, 6.45) is 3.03. The molecule has 0 bridgehead atoms. The highest BCUT2D eigenvalue weighted by Crippen LogP contribution is 2.21. The first-order valence-electron chi connectivity index (χ1n) is 8.23. The molecular weight excluding hydrogens is 330 g/mol. The zero-order chi connectivity index (χ0) is 18.8. The van der Waals surface area contributed by atoms with Crippen LogP contribution in [0.2, 0.25) is 0 Å². The molecule has 3 aromatic rings. The van der Waals surface area contributed by atoms with E-state index in [0.717, 1.165) is 11.1 Å². The van der Waals surface area contributed by atoms with E-state index in [4.69, 9.17) is 5.26 Å². The zero-order valence-corrected chi connectivity index (χ0v) is 14.9. The molecule has 7 heteroatoms. The van der Waals surface area contributed by atoms with Crippen molar-refractivity contribution in [3.05, 3.63) is 57.5 Å². The third-order valence-electron chi connectivity index (χ3n) is 4.51. The Morgan fingerprint density at radius 1 is 1.35 bits per heavy atom. The zero-order valence-electron chi connectivity index (χ0n) is 14.9. The van der Waals surface area contributed by atoms with Crippen LogP contribution in [0.15, 0.2) is 35.4 Å². The number of aromatic amines is 1. The Balaban J connectivity index is 2.08. The number of rotatable bonds is 4. The lowest BCUT2D eigenvalue weighted by Gasteiger charge is -2.22. The molecule has 26 heavy (non-hydrogen) atoms. The van der Waals surface area contributed by atoms with Gasteiger partial charge in [0.2, 0.25) is 5.43 Å². The number of pyridine rings is 1. The van der Waals surface area contributed by atoms with Crippen LogP contribution in [0.25, 0.3) is 11.0 Å². The van der Waals surface area contributed by atoms with Gasteiger partial charge in [-0.05, 0) is 37.1 Å². The molecule has 1 aromatic carbocycles. The summed E-state index contributed by atoms with van der Waals surface area (Å²) in [5, 5.41) is 13.4. The van der Waals surface area contributed by atoms with Gasteiger partial charge in [0.05, 0.1) is 24.1 Å². The van der Waals surface area contributed by atoms with Gasteiger partial charge in [-0.25, -0.2) is 0 Å². The molecule has 0 radical (unpaired) electrons. The van der Waals surface area contributed by atoms with Crippen molar-refractivity contribution in [2.24, 2.45) is 7.05 Å². The maximum Gasteiger partial charge on any atom is 0.263 e. The number of nitriles is 1. The van der Waals surface area contributed by atoms with Crippen molar-refractivity contribution in [3.8, 4) is 6.07 Å². The average molecular weight is 349 g/mol. The Morgan fingerprint density at radius 2 is 2.12 bits per heavy atom. The van der Waals surface area contributed by atoms with Crippen molar-refractivity contribution in [3.63, 3.8) is 0 Å². The average Bonchev–Trinajstić information content (AvgIpc) is 3.00. The number of amides is 1. The largest absolute Gasteiger partial charge is 0.345 e. The summed E-state index contributed by atoms with van der Waals surface area (Å²) in [4.78, 5) is 30.3. The lowest BCUT2D eigenvalue weighted by Crippen LogP contribution is -2.35. The van der Waals surface area contributed by atoms with E-state index in [1.165, 1.54) is 17.3 Å². The van der Waals surface area contributed by atoms with Crippen molar-refractivity contribution in [2.75, 3.05) is 11.4 Å². The Hall–Kier alpha value is -3.40. The third kappa shape index (κ3) is 2.97. The normalized spacial score (nSPS) is 10.7. The quantitative estimate of drug-likeness (QED) is 0.782. The minimum absolute atomic E-state index is 0.0293. The van der Waals surface area contributed by atoms with E-state index < -0.39 is 5.91 Å². The Morgan fingerprint density at radius 3 is 2.81 bits per heavy atom. The molecule has 0 aliphatic carbocycles. The van der Waals surface area contributed by atoms with Crippen LogP contribution in [0.4, 0.5) is 5.69 Å². The van der Waals surface area contributed by atoms with Gasteiger partial charge in [0.1, 0.15) is 11.2 Å². The number of aromatic nitrogens is 3. The minimum atomic E-state index is -0.435. The number of aryl methyl sites for hydroxylation is 3. The molecule has 0 atom stereocenters. The summed E-state index contributed by atoms with van der Waals surface area (Å²) < 4.78 is 1.54. The monoisotopic (exact) mass is 349 g/mol. The van der Waals surface area contributed by atoms with E-state index in [1.54, 1.807) is 11.7 Å². The molecular formula is C19H19N5O2. The van der Waals surface area contributed by atoms with E-state index >= 15 is 0 Å². The highest BCUT2D eigenvalue weighted by molar-refractivity contribution is 6.07. The number of anilines is 1. The van der Waals surface area contributed by atoms with E-state index in [1.807, 2.05) is 32.0 Å². The van der Waals surface area contributed by atoms with E-state index in [2.05, 4.69) is 16.2 Å². The molecule has 7 nitrogen and oxygen atoms in total. The predicted molar refractivity (Wildman–Crippen MR) is 99.2 cm³/mol. The van der Waals surface area contributed by atoms with E-state index in [9.17, 15) is 9.59 Å². The SMILES string of the molecule is Cc1ccc(N(CCC#N)C(=O)c2c[nH]c3c(cnn3C)c2=O)cc1C. The van der Waals surface area contributed by atoms with E-state index in [0.29, 0.717) is 16.7 Å².